The van der Waals surface area contributed by atoms with Crippen molar-refractivity contribution in [2.24, 2.45) is 5.92 Å². The van der Waals surface area contributed by atoms with Crippen LogP contribution in [0.25, 0.3) is 6.08 Å². The van der Waals surface area contributed by atoms with Crippen LogP contribution in [0.3, 0.4) is 0 Å². The second kappa shape index (κ2) is 7.96. The zero-order chi connectivity index (χ0) is 20.3. The number of aryl methyl sites for hydroxylation is 1. The van der Waals surface area contributed by atoms with Gasteiger partial charge in [0.15, 0.2) is 0 Å². The molecular formula is C21H21F3N2O2. The van der Waals surface area contributed by atoms with E-state index in [1.54, 1.807) is 25.1 Å². The van der Waals surface area contributed by atoms with Crippen LogP contribution >= 0.6 is 0 Å². The van der Waals surface area contributed by atoms with Gasteiger partial charge in [-0.05, 0) is 36.2 Å². The summed E-state index contributed by atoms with van der Waals surface area (Å²) < 4.78 is 42.6. The van der Waals surface area contributed by atoms with E-state index in [1.807, 2.05) is 6.07 Å². The van der Waals surface area contributed by atoms with Crippen molar-refractivity contribution in [2.45, 2.75) is 20.0 Å². The standard InChI is InChI=1S/C21H21F3N2O2/c1-13-11-25-18-6-4-16(10-19(18)28-12-13)26-20(27)17-5-3-15(9-14(17)2)7-8-21(22,23)24/h3-10,13,25H,11-12H2,1-2H3,(H,26,27)/b8-7+. The van der Waals surface area contributed by atoms with E-state index in [0.29, 0.717) is 40.7 Å². The SMILES string of the molecule is Cc1cc(/C=C/C(F)(F)F)ccc1C(=O)Nc1ccc2c(c1)OCC(C)CN2. The molecule has 1 unspecified atom stereocenters. The summed E-state index contributed by atoms with van der Waals surface area (Å²) in [6.07, 6.45) is -3.22. The first-order chi connectivity index (χ1) is 13.2. The highest BCUT2D eigenvalue weighted by Gasteiger charge is 2.22. The normalized spacial score (nSPS) is 16.7. The smallest absolute Gasteiger partial charge is 0.409 e. The van der Waals surface area contributed by atoms with Gasteiger partial charge in [0.05, 0.1) is 12.3 Å². The third-order valence-corrected chi connectivity index (χ3v) is 4.36. The molecule has 28 heavy (non-hydrogen) atoms. The van der Waals surface area contributed by atoms with Crippen molar-refractivity contribution in [3.63, 3.8) is 0 Å². The number of rotatable bonds is 3. The Hall–Kier alpha value is -2.96. The summed E-state index contributed by atoms with van der Waals surface area (Å²) in [6, 6.07) is 9.93. The molecule has 0 aromatic heterocycles. The van der Waals surface area contributed by atoms with Gasteiger partial charge in [-0.1, -0.05) is 25.1 Å². The molecule has 0 fully saturated rings. The number of amides is 1. The number of carbonyl (C=O) groups excluding carboxylic acids is 1. The van der Waals surface area contributed by atoms with Gasteiger partial charge >= 0.3 is 6.18 Å². The number of alkyl halides is 3. The number of carbonyl (C=O) groups is 1. The van der Waals surface area contributed by atoms with Gasteiger partial charge in [0.25, 0.3) is 5.91 Å². The topological polar surface area (TPSA) is 50.4 Å². The molecule has 2 aromatic carbocycles. The summed E-state index contributed by atoms with van der Waals surface area (Å²) in [5.41, 5.74) is 2.82. The van der Waals surface area contributed by atoms with Crippen LogP contribution < -0.4 is 15.4 Å². The number of halogens is 3. The largest absolute Gasteiger partial charge is 0.491 e. The van der Waals surface area contributed by atoms with Crippen LogP contribution in [0.1, 0.15) is 28.4 Å². The monoisotopic (exact) mass is 390 g/mol. The molecule has 2 N–H and O–H groups in total. The van der Waals surface area contributed by atoms with E-state index in [2.05, 4.69) is 17.6 Å². The molecule has 4 nitrogen and oxygen atoms in total. The zero-order valence-electron chi connectivity index (χ0n) is 15.6. The molecule has 1 atom stereocenters. The lowest BCUT2D eigenvalue weighted by atomic mass is 10.0. The summed E-state index contributed by atoms with van der Waals surface area (Å²) in [4.78, 5) is 12.6. The summed E-state index contributed by atoms with van der Waals surface area (Å²) in [7, 11) is 0. The van der Waals surface area contributed by atoms with Crippen molar-refractivity contribution in [1.29, 1.82) is 0 Å². The van der Waals surface area contributed by atoms with Crippen molar-refractivity contribution in [1.82, 2.24) is 0 Å². The maximum absolute atomic E-state index is 12.6. The van der Waals surface area contributed by atoms with Crippen molar-refractivity contribution in [3.05, 3.63) is 59.2 Å². The summed E-state index contributed by atoms with van der Waals surface area (Å²) in [5.74, 6) is 0.711. The zero-order valence-corrected chi connectivity index (χ0v) is 15.6. The first-order valence-corrected chi connectivity index (χ1v) is 8.90. The highest BCUT2D eigenvalue weighted by atomic mass is 19.4. The lowest BCUT2D eigenvalue weighted by molar-refractivity contribution is -0.0790. The highest BCUT2D eigenvalue weighted by molar-refractivity contribution is 6.05. The molecule has 2 aromatic rings. The van der Waals surface area contributed by atoms with Gasteiger partial charge in [0.2, 0.25) is 0 Å². The Morgan fingerprint density at radius 1 is 1.25 bits per heavy atom. The number of allylic oxidation sites excluding steroid dienone is 1. The van der Waals surface area contributed by atoms with Gasteiger partial charge in [0, 0.05) is 35.9 Å². The molecular weight excluding hydrogens is 369 g/mol. The minimum Gasteiger partial charge on any atom is -0.491 e. The van der Waals surface area contributed by atoms with Crippen LogP contribution in [-0.2, 0) is 0 Å². The van der Waals surface area contributed by atoms with Crippen molar-refractivity contribution in [2.75, 3.05) is 23.8 Å². The average molecular weight is 390 g/mol. The molecule has 7 heteroatoms. The van der Waals surface area contributed by atoms with E-state index >= 15 is 0 Å². The number of anilines is 2. The van der Waals surface area contributed by atoms with Gasteiger partial charge in [-0.25, -0.2) is 0 Å². The predicted molar refractivity (Wildman–Crippen MR) is 104 cm³/mol. The summed E-state index contributed by atoms with van der Waals surface area (Å²) in [5, 5.41) is 6.11. The van der Waals surface area contributed by atoms with Crippen molar-refractivity contribution < 1.29 is 22.7 Å². The van der Waals surface area contributed by atoms with Gasteiger partial charge < -0.3 is 15.4 Å². The third-order valence-electron chi connectivity index (χ3n) is 4.36. The Morgan fingerprint density at radius 2 is 2.04 bits per heavy atom. The maximum atomic E-state index is 12.6. The summed E-state index contributed by atoms with van der Waals surface area (Å²) >= 11 is 0. The number of hydrogen-bond acceptors (Lipinski definition) is 3. The van der Waals surface area contributed by atoms with Gasteiger partial charge in [0.1, 0.15) is 5.75 Å². The molecule has 0 bridgehead atoms. The van der Waals surface area contributed by atoms with Crippen LogP contribution in [0, 0.1) is 12.8 Å². The molecule has 1 amide bonds. The van der Waals surface area contributed by atoms with E-state index in [1.165, 1.54) is 12.1 Å². The quantitative estimate of drug-likeness (QED) is 0.751. The molecule has 1 aliphatic heterocycles. The van der Waals surface area contributed by atoms with Crippen LogP contribution in [0.15, 0.2) is 42.5 Å². The second-order valence-electron chi connectivity index (χ2n) is 6.91. The molecule has 0 spiro atoms. The molecule has 3 rings (SSSR count). The lowest BCUT2D eigenvalue weighted by Crippen LogP contribution is -2.13. The van der Waals surface area contributed by atoms with E-state index in [-0.39, 0.29) is 12.0 Å². The molecule has 1 heterocycles. The Kier molecular flexibility index (Phi) is 5.63. The van der Waals surface area contributed by atoms with Crippen LogP contribution in [0.4, 0.5) is 24.5 Å². The minimum atomic E-state index is -4.37. The van der Waals surface area contributed by atoms with Gasteiger partial charge in [-0.3, -0.25) is 4.79 Å². The number of benzene rings is 2. The highest BCUT2D eigenvalue weighted by Crippen LogP contribution is 2.31. The predicted octanol–water partition coefficient (Wildman–Crippen LogP) is 5.26. The Balaban J connectivity index is 1.74. The number of fused-ring (bicyclic) bond motifs is 1. The molecule has 0 aliphatic carbocycles. The Labute approximate surface area is 161 Å². The Morgan fingerprint density at radius 3 is 2.75 bits per heavy atom. The molecule has 0 radical (unpaired) electrons. The molecule has 148 valence electrons. The van der Waals surface area contributed by atoms with Crippen molar-refractivity contribution >= 4 is 23.4 Å². The first-order valence-electron chi connectivity index (χ1n) is 8.90. The number of nitrogens with one attached hydrogen (secondary N) is 2. The second-order valence-corrected chi connectivity index (χ2v) is 6.91. The van der Waals surface area contributed by atoms with Crippen LogP contribution in [0.2, 0.25) is 0 Å². The van der Waals surface area contributed by atoms with E-state index < -0.39 is 6.18 Å². The van der Waals surface area contributed by atoms with E-state index in [0.717, 1.165) is 18.3 Å². The molecule has 1 aliphatic rings. The van der Waals surface area contributed by atoms with Gasteiger partial charge in [-0.15, -0.1) is 0 Å². The summed E-state index contributed by atoms with van der Waals surface area (Å²) in [6.45, 7) is 5.17. The Bertz CT molecular complexity index is 907. The van der Waals surface area contributed by atoms with E-state index in [4.69, 9.17) is 4.74 Å². The fourth-order valence-electron chi connectivity index (χ4n) is 2.88. The number of hydrogen-bond donors (Lipinski definition) is 2. The molecule has 0 saturated carbocycles. The average Bonchev–Trinajstić information content (AvgIpc) is 2.81. The third kappa shape index (κ3) is 5.06. The molecule has 0 saturated heterocycles. The van der Waals surface area contributed by atoms with E-state index in [9.17, 15) is 18.0 Å². The van der Waals surface area contributed by atoms with Crippen LogP contribution in [0.5, 0.6) is 5.75 Å². The van der Waals surface area contributed by atoms with Crippen LogP contribution in [-0.4, -0.2) is 25.2 Å². The fourth-order valence-corrected chi connectivity index (χ4v) is 2.88. The van der Waals surface area contributed by atoms with Gasteiger partial charge in [-0.2, -0.15) is 13.2 Å². The maximum Gasteiger partial charge on any atom is 0.409 e. The first kappa shape index (κ1) is 19.8. The minimum absolute atomic E-state index is 0.173. The fraction of sp³-hybridized carbons (Fsp3) is 0.286. The van der Waals surface area contributed by atoms with Crippen molar-refractivity contribution in [3.8, 4) is 5.75 Å². The number of ether oxygens (including phenoxy) is 1. The lowest BCUT2D eigenvalue weighted by Gasteiger charge is -2.12.